The number of carbonyl (C=O) groups excluding carboxylic acids is 1. The maximum absolute atomic E-state index is 11.8. The summed E-state index contributed by atoms with van der Waals surface area (Å²) in [6, 6.07) is 6.72. The molecule has 0 spiro atoms. The fraction of sp³-hybridized carbons (Fsp3) is 0.308. The topological polar surface area (TPSA) is 101 Å². The van der Waals surface area contributed by atoms with Gasteiger partial charge in [0.15, 0.2) is 0 Å². The first-order chi connectivity index (χ1) is 8.90. The number of carbonyl (C=O) groups is 3. The summed E-state index contributed by atoms with van der Waals surface area (Å²) in [6.45, 7) is 1.73. The molecule has 0 aliphatic heterocycles. The Balaban J connectivity index is 2.79. The lowest BCUT2D eigenvalue weighted by Crippen LogP contribution is -2.26. The van der Waals surface area contributed by atoms with Gasteiger partial charge in [0.1, 0.15) is 5.75 Å². The SMILES string of the molecule is Cc1ccccc1OC(=O)C(CC(=O)O)CC(=O)O. The maximum atomic E-state index is 11.8. The Kier molecular flexibility index (Phi) is 5.05. The van der Waals surface area contributed by atoms with Crippen LogP contribution in [-0.2, 0) is 14.4 Å². The van der Waals surface area contributed by atoms with Crippen molar-refractivity contribution in [3.05, 3.63) is 29.8 Å². The van der Waals surface area contributed by atoms with E-state index in [1.807, 2.05) is 0 Å². The Labute approximate surface area is 109 Å². The number of rotatable bonds is 6. The highest BCUT2D eigenvalue weighted by Crippen LogP contribution is 2.20. The Bertz CT molecular complexity index is 478. The largest absolute Gasteiger partial charge is 0.481 e. The van der Waals surface area contributed by atoms with Gasteiger partial charge in [0.05, 0.1) is 18.8 Å². The van der Waals surface area contributed by atoms with Gasteiger partial charge in [0, 0.05) is 0 Å². The van der Waals surface area contributed by atoms with Crippen molar-refractivity contribution in [2.75, 3.05) is 0 Å². The van der Waals surface area contributed by atoms with Crippen LogP contribution in [-0.4, -0.2) is 28.1 Å². The highest BCUT2D eigenvalue weighted by molar-refractivity contribution is 5.84. The highest BCUT2D eigenvalue weighted by atomic mass is 16.5. The lowest BCUT2D eigenvalue weighted by atomic mass is 10.0. The minimum atomic E-state index is -1.24. The van der Waals surface area contributed by atoms with Gasteiger partial charge in [-0.05, 0) is 18.6 Å². The Morgan fingerprint density at radius 3 is 2.11 bits per heavy atom. The number of aryl methyl sites for hydroxylation is 1. The molecule has 0 saturated carbocycles. The van der Waals surface area contributed by atoms with Crippen molar-refractivity contribution >= 4 is 17.9 Å². The third-order valence-corrected chi connectivity index (χ3v) is 2.48. The normalized spacial score (nSPS) is 10.2. The lowest BCUT2D eigenvalue weighted by molar-refractivity contribution is -0.150. The first-order valence-electron chi connectivity index (χ1n) is 5.61. The van der Waals surface area contributed by atoms with Gasteiger partial charge in [0.25, 0.3) is 0 Å². The van der Waals surface area contributed by atoms with Crippen LogP contribution in [0.1, 0.15) is 18.4 Å². The molecule has 0 aliphatic rings. The van der Waals surface area contributed by atoms with Crippen LogP contribution in [0.25, 0.3) is 0 Å². The van der Waals surface area contributed by atoms with Gasteiger partial charge >= 0.3 is 17.9 Å². The van der Waals surface area contributed by atoms with Gasteiger partial charge < -0.3 is 14.9 Å². The Morgan fingerprint density at radius 1 is 1.11 bits per heavy atom. The standard InChI is InChI=1S/C13H14O6/c1-8-4-2-3-5-10(8)19-13(18)9(6-11(14)15)7-12(16)17/h2-5,9H,6-7H2,1H3,(H,14,15)(H,16,17). The van der Waals surface area contributed by atoms with E-state index in [0.29, 0.717) is 11.3 Å². The minimum Gasteiger partial charge on any atom is -0.481 e. The third kappa shape index (κ3) is 4.79. The fourth-order valence-electron chi connectivity index (χ4n) is 1.52. The average Bonchev–Trinajstić information content (AvgIpc) is 2.30. The van der Waals surface area contributed by atoms with Crippen LogP contribution in [0.5, 0.6) is 5.75 Å². The van der Waals surface area contributed by atoms with Gasteiger partial charge in [0.2, 0.25) is 0 Å². The predicted molar refractivity (Wildman–Crippen MR) is 64.8 cm³/mol. The Morgan fingerprint density at radius 2 is 1.63 bits per heavy atom. The summed E-state index contributed by atoms with van der Waals surface area (Å²) in [6.07, 6.45) is -1.14. The fourth-order valence-corrected chi connectivity index (χ4v) is 1.52. The highest BCUT2D eigenvalue weighted by Gasteiger charge is 2.26. The molecule has 0 unspecified atom stereocenters. The summed E-state index contributed by atoms with van der Waals surface area (Å²) in [5.74, 6) is -4.23. The molecule has 6 heteroatoms. The molecule has 0 bridgehead atoms. The maximum Gasteiger partial charge on any atom is 0.315 e. The van der Waals surface area contributed by atoms with E-state index in [1.165, 1.54) is 0 Å². The van der Waals surface area contributed by atoms with Crippen LogP contribution in [0.15, 0.2) is 24.3 Å². The Hall–Kier alpha value is -2.37. The summed E-state index contributed by atoms with van der Waals surface area (Å²) < 4.78 is 5.04. The van der Waals surface area contributed by atoms with Crippen molar-refractivity contribution in [3.8, 4) is 5.75 Å². The minimum absolute atomic E-state index is 0.299. The summed E-state index contributed by atoms with van der Waals surface area (Å²) in [5.41, 5.74) is 0.709. The summed E-state index contributed by atoms with van der Waals surface area (Å²) in [5, 5.41) is 17.3. The van der Waals surface area contributed by atoms with E-state index in [-0.39, 0.29) is 0 Å². The molecular formula is C13H14O6. The van der Waals surface area contributed by atoms with Gasteiger partial charge in [-0.2, -0.15) is 0 Å². The molecule has 0 fully saturated rings. The second-order valence-corrected chi connectivity index (χ2v) is 4.08. The van der Waals surface area contributed by atoms with Crippen molar-refractivity contribution in [1.29, 1.82) is 0 Å². The monoisotopic (exact) mass is 266 g/mol. The molecule has 1 rings (SSSR count). The number of para-hydroxylation sites is 1. The number of carboxylic acid groups (broad SMARTS) is 2. The van der Waals surface area contributed by atoms with Gasteiger partial charge in [-0.15, -0.1) is 0 Å². The van der Waals surface area contributed by atoms with Crippen molar-refractivity contribution in [3.63, 3.8) is 0 Å². The number of carboxylic acids is 2. The molecule has 0 heterocycles. The molecule has 0 aliphatic carbocycles. The van der Waals surface area contributed by atoms with Gasteiger partial charge in [-0.1, -0.05) is 18.2 Å². The van der Waals surface area contributed by atoms with E-state index in [9.17, 15) is 14.4 Å². The number of esters is 1. The molecule has 1 aromatic rings. The molecule has 0 radical (unpaired) electrons. The second kappa shape index (κ2) is 6.53. The number of aliphatic carboxylic acids is 2. The summed E-state index contributed by atoms with van der Waals surface area (Å²) in [7, 11) is 0. The van der Waals surface area contributed by atoms with E-state index in [1.54, 1.807) is 31.2 Å². The van der Waals surface area contributed by atoms with E-state index in [2.05, 4.69) is 0 Å². The van der Waals surface area contributed by atoms with Crippen molar-refractivity contribution in [1.82, 2.24) is 0 Å². The predicted octanol–water partition coefficient (Wildman–Crippen LogP) is 1.47. The quantitative estimate of drug-likeness (QED) is 0.597. The molecule has 1 aromatic carbocycles. The van der Waals surface area contributed by atoms with E-state index in [4.69, 9.17) is 14.9 Å². The number of benzene rings is 1. The molecule has 2 N–H and O–H groups in total. The van der Waals surface area contributed by atoms with Crippen molar-refractivity contribution in [2.24, 2.45) is 5.92 Å². The first kappa shape index (κ1) is 14.7. The van der Waals surface area contributed by atoms with Crippen molar-refractivity contribution < 1.29 is 29.3 Å². The zero-order valence-electron chi connectivity index (χ0n) is 10.3. The molecule has 0 amide bonds. The number of hydrogen-bond donors (Lipinski definition) is 2. The van der Waals surface area contributed by atoms with Gasteiger partial charge in [-0.25, -0.2) is 0 Å². The molecular weight excluding hydrogens is 252 g/mol. The molecule has 102 valence electrons. The van der Waals surface area contributed by atoms with Crippen molar-refractivity contribution in [2.45, 2.75) is 19.8 Å². The van der Waals surface area contributed by atoms with E-state index < -0.39 is 36.7 Å². The second-order valence-electron chi connectivity index (χ2n) is 4.08. The van der Waals surface area contributed by atoms with Gasteiger partial charge in [-0.3, -0.25) is 14.4 Å². The van der Waals surface area contributed by atoms with Crippen LogP contribution in [0.2, 0.25) is 0 Å². The van der Waals surface area contributed by atoms with Crippen LogP contribution in [0.3, 0.4) is 0 Å². The molecule has 0 aromatic heterocycles. The molecule has 19 heavy (non-hydrogen) atoms. The summed E-state index contributed by atoms with van der Waals surface area (Å²) >= 11 is 0. The van der Waals surface area contributed by atoms with E-state index >= 15 is 0 Å². The molecule has 0 saturated heterocycles. The van der Waals surface area contributed by atoms with Crippen LogP contribution < -0.4 is 4.74 Å². The zero-order chi connectivity index (χ0) is 14.4. The summed E-state index contributed by atoms with van der Waals surface area (Å²) in [4.78, 5) is 33.0. The molecule has 0 atom stereocenters. The average molecular weight is 266 g/mol. The smallest absolute Gasteiger partial charge is 0.315 e. The van der Waals surface area contributed by atoms with Crippen LogP contribution in [0.4, 0.5) is 0 Å². The zero-order valence-corrected chi connectivity index (χ0v) is 10.3. The van der Waals surface area contributed by atoms with E-state index in [0.717, 1.165) is 0 Å². The van der Waals surface area contributed by atoms with Crippen LogP contribution >= 0.6 is 0 Å². The first-order valence-corrected chi connectivity index (χ1v) is 5.61. The lowest BCUT2D eigenvalue weighted by Gasteiger charge is -2.13. The molecule has 6 nitrogen and oxygen atoms in total. The van der Waals surface area contributed by atoms with Crippen LogP contribution in [0, 0.1) is 12.8 Å². The number of ether oxygens (including phenoxy) is 1. The number of hydrogen-bond acceptors (Lipinski definition) is 4. The third-order valence-electron chi connectivity index (χ3n) is 2.48.